The normalized spacial score (nSPS) is 12.2. The zero-order valence-corrected chi connectivity index (χ0v) is 15.2. The first kappa shape index (κ1) is 19.8. The van der Waals surface area contributed by atoms with Gasteiger partial charge in [-0.2, -0.15) is 0 Å². The van der Waals surface area contributed by atoms with Crippen LogP contribution in [-0.4, -0.2) is 52.7 Å². The van der Waals surface area contributed by atoms with Gasteiger partial charge in [0.2, 0.25) is 0 Å². The van der Waals surface area contributed by atoms with Crippen molar-refractivity contribution in [2.24, 2.45) is 0 Å². The Morgan fingerprint density at radius 3 is 2.46 bits per heavy atom. The summed E-state index contributed by atoms with van der Waals surface area (Å²) in [6.45, 7) is 4.98. The highest BCUT2D eigenvalue weighted by Crippen LogP contribution is 2.17. The number of likely N-dealkylation sites (N-methyl/N-ethyl adjacent to an activating group) is 1. The lowest BCUT2D eigenvalue weighted by molar-refractivity contribution is -0.155. The number of hydrogen-bond donors (Lipinski definition) is 1. The van der Waals surface area contributed by atoms with Gasteiger partial charge >= 0.3 is 5.97 Å². The van der Waals surface area contributed by atoms with E-state index in [0.29, 0.717) is 12.0 Å². The summed E-state index contributed by atoms with van der Waals surface area (Å²) in [5.41, 5.74) is 0.122. The van der Waals surface area contributed by atoms with E-state index in [1.165, 1.54) is 30.3 Å². The topological polar surface area (TPSA) is 92.8 Å². The molecule has 0 radical (unpaired) electrons. The van der Waals surface area contributed by atoms with Gasteiger partial charge in [0.05, 0.1) is 5.56 Å². The molecule has 7 nitrogen and oxygen atoms in total. The maximum Gasteiger partial charge on any atom is 0.326 e. The molecule has 132 valence electrons. The Kier molecular flexibility index (Phi) is 6.65. The fourth-order valence-corrected chi connectivity index (χ4v) is 2.39. The SMILES string of the molecule is CN(CC(=O)OC(C)(C)C)C(=O)c1ccc(NS(C)=O)cc1C=O. The number of amides is 1. The fourth-order valence-electron chi connectivity index (χ4n) is 1.93. The molecule has 0 saturated heterocycles. The number of carbonyl (C=O) groups excluding carboxylic acids is 3. The number of hydrogen-bond acceptors (Lipinski definition) is 5. The van der Waals surface area contributed by atoms with Crippen LogP contribution in [0, 0.1) is 0 Å². The molecule has 1 rings (SSSR count). The van der Waals surface area contributed by atoms with Gasteiger partial charge in [-0.15, -0.1) is 0 Å². The predicted octanol–water partition coefficient (Wildman–Crippen LogP) is 1.62. The van der Waals surface area contributed by atoms with Gasteiger partial charge in [0.15, 0.2) is 6.29 Å². The van der Waals surface area contributed by atoms with E-state index in [9.17, 15) is 18.6 Å². The summed E-state index contributed by atoms with van der Waals surface area (Å²) in [6.07, 6.45) is 1.99. The lowest BCUT2D eigenvalue weighted by Crippen LogP contribution is -2.36. The first-order valence-corrected chi connectivity index (χ1v) is 8.76. The molecule has 1 amide bonds. The first-order chi connectivity index (χ1) is 11.0. The fraction of sp³-hybridized carbons (Fsp3) is 0.438. The van der Waals surface area contributed by atoms with Crippen molar-refractivity contribution >= 4 is 34.8 Å². The molecular formula is C16H22N2O5S. The van der Waals surface area contributed by atoms with Gasteiger partial charge in [-0.1, -0.05) is 0 Å². The highest BCUT2D eigenvalue weighted by molar-refractivity contribution is 7.85. The number of anilines is 1. The average Bonchev–Trinajstić information content (AvgIpc) is 2.43. The van der Waals surface area contributed by atoms with Crippen LogP contribution in [0.25, 0.3) is 0 Å². The van der Waals surface area contributed by atoms with E-state index in [1.54, 1.807) is 26.8 Å². The zero-order valence-electron chi connectivity index (χ0n) is 14.4. The number of benzene rings is 1. The van der Waals surface area contributed by atoms with Gasteiger partial charge in [-0.3, -0.25) is 14.4 Å². The third-order valence-corrected chi connectivity index (χ3v) is 3.33. The van der Waals surface area contributed by atoms with E-state index in [4.69, 9.17) is 4.74 Å². The molecule has 1 N–H and O–H groups in total. The Morgan fingerprint density at radius 1 is 1.33 bits per heavy atom. The van der Waals surface area contributed by atoms with Crippen molar-refractivity contribution in [2.45, 2.75) is 26.4 Å². The Morgan fingerprint density at radius 2 is 1.96 bits per heavy atom. The molecule has 1 atom stereocenters. The summed E-state index contributed by atoms with van der Waals surface area (Å²) >= 11 is 0. The Bertz CT molecular complexity index is 667. The lowest BCUT2D eigenvalue weighted by atomic mass is 10.1. The number of ether oxygens (including phenoxy) is 1. The third kappa shape index (κ3) is 6.11. The van der Waals surface area contributed by atoms with Crippen LogP contribution in [0.5, 0.6) is 0 Å². The molecule has 24 heavy (non-hydrogen) atoms. The van der Waals surface area contributed by atoms with Gasteiger partial charge in [0, 0.05) is 24.6 Å². The summed E-state index contributed by atoms with van der Waals surface area (Å²) in [5.74, 6) is -1.02. The second kappa shape index (κ2) is 8.05. The van der Waals surface area contributed by atoms with Gasteiger partial charge in [0.1, 0.15) is 23.1 Å². The summed E-state index contributed by atoms with van der Waals surface area (Å²) in [4.78, 5) is 36.7. The largest absolute Gasteiger partial charge is 0.459 e. The Labute approximate surface area is 143 Å². The molecule has 0 aromatic heterocycles. The number of rotatable bonds is 6. The molecule has 0 spiro atoms. The number of aldehydes is 1. The summed E-state index contributed by atoms with van der Waals surface area (Å²) in [6, 6.07) is 4.43. The van der Waals surface area contributed by atoms with E-state index in [0.717, 1.165) is 0 Å². The standard InChI is InChI=1S/C16H22N2O5S/c1-16(2,3)23-14(20)9-18(4)15(21)13-7-6-12(17-24(5)22)8-11(13)10-19/h6-8,10,17H,9H2,1-5H3. The minimum atomic E-state index is -1.29. The lowest BCUT2D eigenvalue weighted by Gasteiger charge is -2.23. The van der Waals surface area contributed by atoms with Crippen molar-refractivity contribution in [3.8, 4) is 0 Å². The molecular weight excluding hydrogens is 332 g/mol. The van der Waals surface area contributed by atoms with E-state index < -0.39 is 28.5 Å². The van der Waals surface area contributed by atoms with Crippen LogP contribution in [0.3, 0.4) is 0 Å². The van der Waals surface area contributed by atoms with Crippen LogP contribution in [-0.2, 0) is 20.5 Å². The second-order valence-electron chi connectivity index (χ2n) is 6.22. The molecule has 0 saturated carbocycles. The zero-order chi connectivity index (χ0) is 18.5. The number of nitrogens with zero attached hydrogens (tertiary/aromatic N) is 1. The Hall–Kier alpha value is -2.22. The van der Waals surface area contributed by atoms with Crippen LogP contribution < -0.4 is 4.72 Å². The van der Waals surface area contributed by atoms with E-state index >= 15 is 0 Å². The number of carbonyl (C=O) groups is 3. The second-order valence-corrected chi connectivity index (χ2v) is 7.34. The highest BCUT2D eigenvalue weighted by Gasteiger charge is 2.22. The van der Waals surface area contributed by atoms with Crippen LogP contribution in [0.1, 0.15) is 41.5 Å². The molecule has 0 aliphatic rings. The third-order valence-electron chi connectivity index (χ3n) is 2.80. The van der Waals surface area contributed by atoms with Gasteiger partial charge < -0.3 is 14.4 Å². The van der Waals surface area contributed by atoms with Crippen LogP contribution >= 0.6 is 0 Å². The van der Waals surface area contributed by atoms with Crippen molar-refractivity contribution in [1.29, 1.82) is 0 Å². The average molecular weight is 354 g/mol. The van der Waals surface area contributed by atoms with Crippen LogP contribution in [0.4, 0.5) is 5.69 Å². The van der Waals surface area contributed by atoms with Crippen molar-refractivity contribution in [3.63, 3.8) is 0 Å². The monoisotopic (exact) mass is 354 g/mol. The van der Waals surface area contributed by atoms with Crippen LogP contribution in [0.15, 0.2) is 18.2 Å². The molecule has 0 fully saturated rings. The summed E-state index contributed by atoms with van der Waals surface area (Å²) in [7, 11) is 0.159. The molecule has 0 aliphatic heterocycles. The molecule has 1 aromatic carbocycles. The number of esters is 1. The highest BCUT2D eigenvalue weighted by atomic mass is 32.2. The van der Waals surface area contributed by atoms with Crippen molar-refractivity contribution in [1.82, 2.24) is 4.90 Å². The maximum atomic E-state index is 12.4. The minimum absolute atomic E-state index is 0.145. The van der Waals surface area contributed by atoms with E-state index in [-0.39, 0.29) is 17.7 Å². The van der Waals surface area contributed by atoms with Crippen LogP contribution in [0.2, 0.25) is 0 Å². The molecule has 1 aromatic rings. The molecule has 1 unspecified atom stereocenters. The summed E-state index contributed by atoms with van der Waals surface area (Å²) < 4.78 is 19.0. The molecule has 0 heterocycles. The molecule has 8 heteroatoms. The van der Waals surface area contributed by atoms with E-state index in [1.807, 2.05) is 0 Å². The smallest absolute Gasteiger partial charge is 0.326 e. The number of nitrogens with one attached hydrogen (secondary N) is 1. The quantitative estimate of drug-likeness (QED) is 0.619. The van der Waals surface area contributed by atoms with E-state index in [2.05, 4.69) is 4.72 Å². The predicted molar refractivity (Wildman–Crippen MR) is 92.3 cm³/mol. The van der Waals surface area contributed by atoms with Crippen molar-refractivity contribution in [3.05, 3.63) is 29.3 Å². The van der Waals surface area contributed by atoms with Gasteiger partial charge in [0.25, 0.3) is 5.91 Å². The van der Waals surface area contributed by atoms with Crippen molar-refractivity contribution < 1.29 is 23.3 Å². The summed E-state index contributed by atoms with van der Waals surface area (Å²) in [5, 5.41) is 0. The Balaban J connectivity index is 2.91. The first-order valence-electron chi connectivity index (χ1n) is 7.20. The maximum absolute atomic E-state index is 12.4. The van der Waals surface area contributed by atoms with Crippen molar-refractivity contribution in [2.75, 3.05) is 24.6 Å². The molecule has 0 aliphatic carbocycles. The van der Waals surface area contributed by atoms with Gasteiger partial charge in [-0.25, -0.2) is 4.21 Å². The molecule has 0 bridgehead atoms. The minimum Gasteiger partial charge on any atom is -0.459 e. The van der Waals surface area contributed by atoms with Gasteiger partial charge in [-0.05, 0) is 39.0 Å².